The number of amides is 1. The molecule has 3 rings (SSSR count). The normalized spacial score (nSPS) is 17.1. The Morgan fingerprint density at radius 2 is 1.80 bits per heavy atom. The first-order chi connectivity index (χ1) is 14.2. The molecule has 0 N–H and O–H groups in total. The van der Waals surface area contributed by atoms with Gasteiger partial charge >= 0.3 is 0 Å². The van der Waals surface area contributed by atoms with Gasteiger partial charge in [0.1, 0.15) is 12.4 Å². The highest BCUT2D eigenvalue weighted by Gasteiger charge is 2.35. The molecule has 0 radical (unpaired) electrons. The molecule has 0 spiro atoms. The molecule has 1 aliphatic rings. The molecule has 158 valence electrons. The summed E-state index contributed by atoms with van der Waals surface area (Å²) in [5.74, 6) is 0.762. The second kappa shape index (κ2) is 10.2. The second-order valence-corrected chi connectivity index (χ2v) is 10.3. The maximum Gasteiger partial charge on any atom is 0.266 e. The molecule has 0 bridgehead atoms. The lowest BCUT2D eigenvalue weighted by Crippen LogP contribution is -2.35. The van der Waals surface area contributed by atoms with E-state index in [9.17, 15) is 4.79 Å². The lowest BCUT2D eigenvalue weighted by Gasteiger charge is -2.20. The van der Waals surface area contributed by atoms with E-state index in [1.165, 1.54) is 11.8 Å². The van der Waals surface area contributed by atoms with Crippen LogP contribution in [0.25, 0.3) is 6.08 Å². The van der Waals surface area contributed by atoms with E-state index in [2.05, 4.69) is 36.9 Å². The van der Waals surface area contributed by atoms with Crippen molar-refractivity contribution >= 4 is 60.8 Å². The molecule has 1 heterocycles. The van der Waals surface area contributed by atoms with Crippen LogP contribution in [0.4, 0.5) is 0 Å². The molecule has 1 aliphatic heterocycles. The number of nitrogens with zero attached hydrogens (tertiary/aromatic N) is 2. The third-order valence-electron chi connectivity index (χ3n) is 4.28. The minimum absolute atomic E-state index is 0.00101. The van der Waals surface area contributed by atoms with Gasteiger partial charge in [-0.1, -0.05) is 34.1 Å². The van der Waals surface area contributed by atoms with Crippen LogP contribution in [0, 0.1) is 0 Å². The van der Waals surface area contributed by atoms with E-state index in [4.69, 9.17) is 4.74 Å². The topological polar surface area (TPSA) is 41.9 Å². The number of carbonyl (C=O) groups is 1. The van der Waals surface area contributed by atoms with Crippen molar-refractivity contribution in [3.63, 3.8) is 0 Å². The Kier molecular flexibility index (Phi) is 7.82. The lowest BCUT2D eigenvalue weighted by molar-refractivity contribution is -0.123. The molecule has 0 aromatic heterocycles. The van der Waals surface area contributed by atoms with Crippen molar-refractivity contribution in [3.05, 3.63) is 67.4 Å². The summed E-state index contributed by atoms with van der Waals surface area (Å²) in [5, 5.41) is 0.768. The van der Waals surface area contributed by atoms with E-state index < -0.39 is 0 Å². The zero-order chi connectivity index (χ0) is 21.8. The Morgan fingerprint density at radius 3 is 2.40 bits per heavy atom. The maximum atomic E-state index is 12.9. The number of amidine groups is 1. The molecule has 2 aromatic carbocycles. The smallest absolute Gasteiger partial charge is 0.266 e. The Hall–Kier alpha value is -1.57. The minimum atomic E-state index is 0.00101. The Balaban J connectivity index is 1.76. The first kappa shape index (κ1) is 23.1. The van der Waals surface area contributed by atoms with Gasteiger partial charge in [-0.15, -0.1) is 0 Å². The molecular weight excluding hydrogens is 528 g/mol. The number of thioether (sulfide) groups is 1. The number of rotatable bonds is 6. The highest BCUT2D eigenvalue weighted by molar-refractivity contribution is 9.10. The summed E-state index contributed by atoms with van der Waals surface area (Å²) in [5.41, 5.74) is 2.03. The molecule has 0 atom stereocenters. The van der Waals surface area contributed by atoms with Crippen LogP contribution in [-0.4, -0.2) is 28.1 Å². The Bertz CT molecular complexity index is 985. The van der Waals surface area contributed by atoms with Gasteiger partial charge in [-0.25, -0.2) is 0 Å². The van der Waals surface area contributed by atoms with Gasteiger partial charge in [0.25, 0.3) is 5.91 Å². The minimum Gasteiger partial charge on any atom is -0.488 e. The van der Waals surface area contributed by atoms with Crippen LogP contribution in [0.2, 0.25) is 0 Å². The summed E-state index contributed by atoms with van der Waals surface area (Å²) in [6.45, 7) is 8.53. The van der Waals surface area contributed by atoms with Crippen LogP contribution in [0.5, 0.6) is 5.75 Å². The third kappa shape index (κ3) is 5.77. The van der Waals surface area contributed by atoms with Crippen LogP contribution in [0.3, 0.4) is 0 Å². The lowest BCUT2D eigenvalue weighted by atomic mass is 10.2. The quantitative estimate of drug-likeness (QED) is 0.367. The number of ether oxygens (including phenoxy) is 1. The molecule has 7 heteroatoms. The molecule has 4 nitrogen and oxygen atoms in total. The summed E-state index contributed by atoms with van der Waals surface area (Å²) in [6.07, 6.45) is 1.91. The van der Waals surface area contributed by atoms with Crippen LogP contribution < -0.4 is 4.74 Å². The van der Waals surface area contributed by atoms with Crippen molar-refractivity contribution in [2.24, 2.45) is 4.99 Å². The highest BCUT2D eigenvalue weighted by atomic mass is 79.9. The van der Waals surface area contributed by atoms with E-state index in [-0.39, 0.29) is 18.0 Å². The standard InChI is InChI=1S/C23H24Br2N2O2S/c1-14(2)26-23-27(15(3)4)22(28)21(30-23)12-17-7-10-20(19(25)11-17)29-13-16-5-8-18(24)9-6-16/h5-12,14-15H,13H2,1-4H3/b21-12+,26-23?. The summed E-state index contributed by atoms with van der Waals surface area (Å²) in [7, 11) is 0. The monoisotopic (exact) mass is 550 g/mol. The van der Waals surface area contributed by atoms with Crippen molar-refractivity contribution in [1.82, 2.24) is 4.90 Å². The van der Waals surface area contributed by atoms with Gasteiger partial charge in [0.2, 0.25) is 0 Å². The average Bonchev–Trinajstić information content (AvgIpc) is 2.96. The summed E-state index contributed by atoms with van der Waals surface area (Å²) < 4.78 is 7.83. The van der Waals surface area contributed by atoms with Crippen molar-refractivity contribution in [3.8, 4) is 5.75 Å². The zero-order valence-corrected chi connectivity index (χ0v) is 21.3. The first-order valence-electron chi connectivity index (χ1n) is 9.72. The number of benzene rings is 2. The van der Waals surface area contributed by atoms with Gasteiger partial charge in [-0.2, -0.15) is 0 Å². The van der Waals surface area contributed by atoms with Crippen molar-refractivity contribution in [1.29, 1.82) is 0 Å². The van der Waals surface area contributed by atoms with Gasteiger partial charge in [-0.3, -0.25) is 14.7 Å². The van der Waals surface area contributed by atoms with Crippen molar-refractivity contribution < 1.29 is 9.53 Å². The zero-order valence-electron chi connectivity index (χ0n) is 17.4. The number of aliphatic imine (C=N–C) groups is 1. The summed E-state index contributed by atoms with van der Waals surface area (Å²) in [6, 6.07) is 14.1. The summed E-state index contributed by atoms with van der Waals surface area (Å²) in [4.78, 5) is 20.0. The van der Waals surface area contributed by atoms with Gasteiger partial charge in [0, 0.05) is 16.6 Å². The van der Waals surface area contributed by atoms with Gasteiger partial charge in [0.05, 0.1) is 9.38 Å². The Morgan fingerprint density at radius 1 is 1.10 bits per heavy atom. The summed E-state index contributed by atoms with van der Waals surface area (Å²) >= 11 is 8.46. The number of hydrogen-bond acceptors (Lipinski definition) is 4. The predicted molar refractivity (Wildman–Crippen MR) is 133 cm³/mol. The first-order valence-corrected chi connectivity index (χ1v) is 12.1. The van der Waals surface area contributed by atoms with Crippen molar-refractivity contribution in [2.45, 2.75) is 46.4 Å². The third-order valence-corrected chi connectivity index (χ3v) is 6.43. The fourth-order valence-corrected chi connectivity index (χ4v) is 4.88. The molecule has 2 aromatic rings. The average molecular weight is 552 g/mol. The fraction of sp³-hybridized carbons (Fsp3) is 0.304. The fourth-order valence-electron chi connectivity index (χ4n) is 2.87. The molecular formula is C23H24Br2N2O2S. The van der Waals surface area contributed by atoms with Crippen LogP contribution >= 0.6 is 43.6 Å². The van der Waals surface area contributed by atoms with Crippen LogP contribution in [0.1, 0.15) is 38.8 Å². The van der Waals surface area contributed by atoms with Gasteiger partial charge in [0.15, 0.2) is 5.17 Å². The molecule has 0 unspecified atom stereocenters. The van der Waals surface area contributed by atoms with Gasteiger partial charge < -0.3 is 4.74 Å². The molecule has 0 aliphatic carbocycles. The van der Waals surface area contributed by atoms with E-state index in [1.54, 1.807) is 4.90 Å². The molecule has 30 heavy (non-hydrogen) atoms. The number of halogens is 2. The number of hydrogen-bond donors (Lipinski definition) is 0. The van der Waals surface area contributed by atoms with Crippen molar-refractivity contribution in [2.75, 3.05) is 0 Å². The van der Waals surface area contributed by atoms with E-state index in [1.807, 2.05) is 76.2 Å². The van der Waals surface area contributed by atoms with Crippen LogP contribution in [0.15, 0.2) is 61.3 Å². The SMILES string of the molecule is CC(C)N=C1S/C(=C/c2ccc(OCc3ccc(Br)cc3)c(Br)c2)C(=O)N1C(C)C. The maximum absolute atomic E-state index is 12.9. The molecule has 1 amide bonds. The largest absolute Gasteiger partial charge is 0.488 e. The van der Waals surface area contributed by atoms with Gasteiger partial charge in [-0.05, 0) is 96.9 Å². The molecule has 0 saturated carbocycles. The van der Waals surface area contributed by atoms with E-state index in [0.29, 0.717) is 11.5 Å². The number of carbonyl (C=O) groups excluding carboxylic acids is 1. The van der Waals surface area contributed by atoms with Crippen LogP contribution in [-0.2, 0) is 11.4 Å². The molecule has 1 saturated heterocycles. The van der Waals surface area contributed by atoms with E-state index in [0.717, 1.165) is 31.0 Å². The predicted octanol–water partition coefficient (Wildman–Crippen LogP) is 6.88. The Labute approximate surface area is 199 Å². The molecule has 1 fully saturated rings. The second-order valence-electron chi connectivity index (χ2n) is 7.49. The highest BCUT2D eigenvalue weighted by Crippen LogP contribution is 2.35. The van der Waals surface area contributed by atoms with E-state index >= 15 is 0 Å².